The third-order valence-corrected chi connectivity index (χ3v) is 0.869. The van der Waals surface area contributed by atoms with Gasteiger partial charge in [0.15, 0.2) is 5.88 Å². The van der Waals surface area contributed by atoms with Crippen LogP contribution in [-0.2, 0) is 4.74 Å². The van der Waals surface area contributed by atoms with Gasteiger partial charge in [-0.3, -0.25) is 0 Å². The Labute approximate surface area is 68.7 Å². The number of nitrogens with two attached hydrogens (primary N) is 2. The molecule has 66 valence electrons. The van der Waals surface area contributed by atoms with E-state index in [1.165, 1.54) is 13.3 Å². The summed E-state index contributed by atoms with van der Waals surface area (Å²) >= 11 is 0. The lowest BCUT2D eigenvalue weighted by molar-refractivity contribution is 0.287. The average molecular weight is 158 g/mol. The summed E-state index contributed by atoms with van der Waals surface area (Å²) in [5.74, 6) is 0.370. The largest absolute Gasteiger partial charge is 0.483 e. The number of methoxy groups -OCH3 is 1. The van der Waals surface area contributed by atoms with E-state index in [1.54, 1.807) is 6.08 Å². The minimum absolute atomic E-state index is 0.370. The molecule has 0 amide bonds. The zero-order valence-corrected chi connectivity index (χ0v) is 7.72. The van der Waals surface area contributed by atoms with Crippen molar-refractivity contribution in [3.05, 3.63) is 23.7 Å². The van der Waals surface area contributed by atoms with Gasteiger partial charge >= 0.3 is 0 Å². The first kappa shape index (κ1) is 12.5. The molecule has 0 spiro atoms. The van der Waals surface area contributed by atoms with Gasteiger partial charge in [-0.2, -0.15) is 0 Å². The van der Waals surface area contributed by atoms with E-state index in [4.69, 9.17) is 11.5 Å². The maximum Gasteiger partial charge on any atom is 0.183 e. The van der Waals surface area contributed by atoms with Gasteiger partial charge in [0.05, 0.1) is 7.11 Å². The molecular formula is C8H18N2O. The molecule has 0 rings (SSSR count). The average Bonchev–Trinajstić information content (AvgIpc) is 2.07. The highest BCUT2D eigenvalue weighted by Gasteiger charge is 1.84. The Bertz CT molecular complexity index is 139. The van der Waals surface area contributed by atoms with Gasteiger partial charge in [0.25, 0.3) is 0 Å². The first-order valence-electron chi connectivity index (χ1n) is 3.60. The van der Waals surface area contributed by atoms with E-state index >= 15 is 0 Å². The molecule has 0 aromatic rings. The predicted molar refractivity (Wildman–Crippen MR) is 48.6 cm³/mol. The van der Waals surface area contributed by atoms with Gasteiger partial charge in [-0.05, 0) is 18.7 Å². The van der Waals surface area contributed by atoms with E-state index in [0.717, 1.165) is 5.57 Å². The molecule has 0 fully saturated rings. The molecule has 3 heteroatoms. The van der Waals surface area contributed by atoms with Gasteiger partial charge in [-0.1, -0.05) is 13.8 Å². The van der Waals surface area contributed by atoms with E-state index in [9.17, 15) is 0 Å². The highest BCUT2D eigenvalue weighted by molar-refractivity contribution is 5.15. The summed E-state index contributed by atoms with van der Waals surface area (Å²) in [6, 6.07) is 0. The van der Waals surface area contributed by atoms with Crippen LogP contribution in [0.3, 0.4) is 0 Å². The minimum atomic E-state index is 0.370. The standard InChI is InChI=1S/C6H12N2O.C2H6/c1-5(4-7)3-6(8)9-2;1-2/h3-4H,7-8H2,1-2H3;1-2H3/b5-4-,6-3+;. The van der Waals surface area contributed by atoms with Gasteiger partial charge in [-0.25, -0.2) is 0 Å². The van der Waals surface area contributed by atoms with Crippen molar-refractivity contribution in [2.24, 2.45) is 11.5 Å². The smallest absolute Gasteiger partial charge is 0.183 e. The third kappa shape index (κ3) is 8.88. The second-order valence-electron chi connectivity index (χ2n) is 1.66. The Kier molecular flexibility index (Phi) is 10.1. The molecule has 0 bridgehead atoms. The Morgan fingerprint density at radius 1 is 1.36 bits per heavy atom. The minimum Gasteiger partial charge on any atom is -0.483 e. The van der Waals surface area contributed by atoms with Crippen LogP contribution in [0.15, 0.2) is 23.7 Å². The molecule has 0 atom stereocenters. The van der Waals surface area contributed by atoms with Crippen molar-refractivity contribution in [1.82, 2.24) is 0 Å². The predicted octanol–water partition coefficient (Wildman–Crippen LogP) is 1.32. The summed E-state index contributed by atoms with van der Waals surface area (Å²) < 4.78 is 4.67. The second kappa shape index (κ2) is 8.88. The molecule has 0 aliphatic heterocycles. The molecule has 11 heavy (non-hydrogen) atoms. The van der Waals surface area contributed by atoms with Gasteiger partial charge in [0.1, 0.15) is 0 Å². The molecule has 0 aromatic carbocycles. The number of hydrogen-bond acceptors (Lipinski definition) is 3. The van der Waals surface area contributed by atoms with E-state index in [1.807, 2.05) is 20.8 Å². The van der Waals surface area contributed by atoms with E-state index in [0.29, 0.717) is 5.88 Å². The van der Waals surface area contributed by atoms with Crippen LogP contribution >= 0.6 is 0 Å². The van der Waals surface area contributed by atoms with Crippen molar-refractivity contribution in [3.8, 4) is 0 Å². The molecule has 0 aliphatic carbocycles. The maximum absolute atomic E-state index is 5.29. The molecule has 3 nitrogen and oxygen atoms in total. The summed E-state index contributed by atoms with van der Waals surface area (Å²) in [5, 5.41) is 0. The first-order valence-corrected chi connectivity index (χ1v) is 3.60. The van der Waals surface area contributed by atoms with Crippen molar-refractivity contribution >= 4 is 0 Å². The Morgan fingerprint density at radius 3 is 2.09 bits per heavy atom. The molecule has 0 radical (unpaired) electrons. The number of rotatable bonds is 2. The van der Waals surface area contributed by atoms with Crippen molar-refractivity contribution in [3.63, 3.8) is 0 Å². The zero-order valence-electron chi connectivity index (χ0n) is 7.72. The molecule has 0 aliphatic rings. The van der Waals surface area contributed by atoms with Crippen LogP contribution in [0.25, 0.3) is 0 Å². The van der Waals surface area contributed by atoms with E-state index < -0.39 is 0 Å². The monoisotopic (exact) mass is 158 g/mol. The van der Waals surface area contributed by atoms with Crippen LogP contribution in [0.5, 0.6) is 0 Å². The molecule has 0 heterocycles. The van der Waals surface area contributed by atoms with Crippen molar-refractivity contribution in [2.75, 3.05) is 7.11 Å². The van der Waals surface area contributed by atoms with Crippen LogP contribution in [0.1, 0.15) is 20.8 Å². The van der Waals surface area contributed by atoms with E-state index in [2.05, 4.69) is 4.74 Å². The molecule has 0 aromatic heterocycles. The summed E-state index contributed by atoms with van der Waals surface area (Å²) in [6.07, 6.45) is 3.12. The quantitative estimate of drug-likeness (QED) is 0.470. The summed E-state index contributed by atoms with van der Waals surface area (Å²) in [4.78, 5) is 0. The van der Waals surface area contributed by atoms with Crippen LogP contribution in [0.2, 0.25) is 0 Å². The SMILES string of the molecule is CC.CO/C(N)=C/C(C)=C\N. The molecule has 4 N–H and O–H groups in total. The Morgan fingerprint density at radius 2 is 1.82 bits per heavy atom. The van der Waals surface area contributed by atoms with Crippen LogP contribution in [-0.4, -0.2) is 7.11 Å². The molecule has 0 unspecified atom stereocenters. The first-order chi connectivity index (χ1) is 5.20. The molecular weight excluding hydrogens is 140 g/mol. The molecule has 0 saturated heterocycles. The second-order valence-corrected chi connectivity index (χ2v) is 1.66. The van der Waals surface area contributed by atoms with E-state index in [-0.39, 0.29) is 0 Å². The fraction of sp³-hybridized carbons (Fsp3) is 0.500. The van der Waals surface area contributed by atoms with Crippen LogP contribution < -0.4 is 11.5 Å². The lowest BCUT2D eigenvalue weighted by Crippen LogP contribution is -1.99. The fourth-order valence-corrected chi connectivity index (χ4v) is 0.331. The van der Waals surface area contributed by atoms with Crippen LogP contribution in [0.4, 0.5) is 0 Å². The van der Waals surface area contributed by atoms with Gasteiger partial charge in [0, 0.05) is 6.08 Å². The number of allylic oxidation sites excluding steroid dienone is 2. The fourth-order valence-electron chi connectivity index (χ4n) is 0.331. The molecule has 0 saturated carbocycles. The third-order valence-electron chi connectivity index (χ3n) is 0.869. The van der Waals surface area contributed by atoms with Crippen LogP contribution in [0, 0.1) is 0 Å². The summed E-state index contributed by atoms with van der Waals surface area (Å²) in [7, 11) is 1.51. The highest BCUT2D eigenvalue weighted by Crippen LogP contribution is 1.94. The highest BCUT2D eigenvalue weighted by atomic mass is 16.5. The Hall–Kier alpha value is -1.12. The zero-order chi connectivity index (χ0) is 9.28. The van der Waals surface area contributed by atoms with Crippen molar-refractivity contribution in [1.29, 1.82) is 0 Å². The van der Waals surface area contributed by atoms with Crippen molar-refractivity contribution in [2.45, 2.75) is 20.8 Å². The van der Waals surface area contributed by atoms with Gasteiger partial charge in [-0.15, -0.1) is 0 Å². The maximum atomic E-state index is 5.29. The normalized spacial score (nSPS) is 11.6. The summed E-state index contributed by atoms with van der Waals surface area (Å²) in [5.41, 5.74) is 11.3. The lowest BCUT2D eigenvalue weighted by atomic mass is 10.3. The lowest BCUT2D eigenvalue weighted by Gasteiger charge is -1.96. The van der Waals surface area contributed by atoms with Gasteiger partial charge < -0.3 is 16.2 Å². The van der Waals surface area contributed by atoms with Crippen molar-refractivity contribution < 1.29 is 4.74 Å². The number of hydrogen-bond donors (Lipinski definition) is 2. The summed E-state index contributed by atoms with van der Waals surface area (Å²) in [6.45, 7) is 5.84. The van der Waals surface area contributed by atoms with Gasteiger partial charge in [0.2, 0.25) is 0 Å². The topological polar surface area (TPSA) is 61.3 Å². The number of ether oxygens (including phenoxy) is 1. The Balaban J connectivity index is 0.